The van der Waals surface area contributed by atoms with Crippen LogP contribution in [0.2, 0.25) is 5.02 Å². The maximum Gasteiger partial charge on any atom is 0.190 e. The molecule has 0 fully saturated rings. The molecule has 21 heavy (non-hydrogen) atoms. The molecule has 0 radical (unpaired) electrons. The molecule has 0 bridgehead atoms. The molecule has 0 amide bonds. The predicted molar refractivity (Wildman–Crippen MR) is 104 cm³/mol. The lowest BCUT2D eigenvalue weighted by Crippen LogP contribution is -2.39. The number of guanidine groups is 1. The fourth-order valence-electron chi connectivity index (χ4n) is 1.69. The van der Waals surface area contributed by atoms with Gasteiger partial charge in [-0.2, -0.15) is 0 Å². The Morgan fingerprint density at radius 3 is 2.71 bits per heavy atom. The van der Waals surface area contributed by atoms with E-state index in [0.29, 0.717) is 0 Å². The number of benzene rings is 1. The Morgan fingerprint density at radius 1 is 1.33 bits per heavy atom. The summed E-state index contributed by atoms with van der Waals surface area (Å²) in [6, 6.07) is 5.82. The zero-order chi connectivity index (χ0) is 14.8. The first-order valence-corrected chi connectivity index (χ1v) is 7.72. The zero-order valence-electron chi connectivity index (χ0n) is 12.3. The summed E-state index contributed by atoms with van der Waals surface area (Å²) in [7, 11) is 3.47. The van der Waals surface area contributed by atoms with Crippen LogP contribution in [0.3, 0.4) is 0 Å². The lowest BCUT2D eigenvalue weighted by Gasteiger charge is -2.12. The number of hydrogen-bond donors (Lipinski definition) is 2. The van der Waals surface area contributed by atoms with Gasteiger partial charge in [-0.3, -0.25) is 4.99 Å². The number of halogens is 3. The molecule has 1 aromatic rings. The highest BCUT2D eigenvalue weighted by Crippen LogP contribution is 2.21. The summed E-state index contributed by atoms with van der Waals surface area (Å²) in [5, 5.41) is 7.27. The van der Waals surface area contributed by atoms with E-state index in [2.05, 4.69) is 31.6 Å². The maximum absolute atomic E-state index is 5.99. The van der Waals surface area contributed by atoms with Crippen LogP contribution in [0.5, 0.6) is 0 Å². The van der Waals surface area contributed by atoms with Gasteiger partial charge in [-0.1, -0.05) is 27.5 Å². The summed E-state index contributed by atoms with van der Waals surface area (Å²) < 4.78 is 6.08. The molecule has 7 heteroatoms. The van der Waals surface area contributed by atoms with E-state index in [1.54, 1.807) is 14.2 Å². The van der Waals surface area contributed by atoms with Crippen molar-refractivity contribution in [1.29, 1.82) is 0 Å². The molecule has 2 N–H and O–H groups in total. The van der Waals surface area contributed by atoms with E-state index in [9.17, 15) is 0 Å². The standard InChI is InChI=1S/C14H21BrClN3O.HI/c1-17-14(18-7-3-9-20-2)19-8-6-11-10-12(16)4-5-13(11)15;/h4-5,10H,3,6-9H2,1-2H3,(H2,17,18,19);1H. The number of aliphatic imine (C=N–C) groups is 1. The zero-order valence-corrected chi connectivity index (χ0v) is 17.0. The lowest BCUT2D eigenvalue weighted by molar-refractivity contribution is 0.195. The second kappa shape index (κ2) is 12.5. The van der Waals surface area contributed by atoms with Gasteiger partial charge in [0.25, 0.3) is 0 Å². The fourth-order valence-corrected chi connectivity index (χ4v) is 2.33. The van der Waals surface area contributed by atoms with Crippen molar-refractivity contribution in [2.45, 2.75) is 12.8 Å². The second-order valence-corrected chi connectivity index (χ2v) is 5.55. The van der Waals surface area contributed by atoms with Crippen LogP contribution in [-0.2, 0) is 11.2 Å². The van der Waals surface area contributed by atoms with Gasteiger partial charge < -0.3 is 15.4 Å². The Morgan fingerprint density at radius 2 is 2.05 bits per heavy atom. The molecule has 0 heterocycles. The van der Waals surface area contributed by atoms with E-state index in [1.807, 2.05) is 18.2 Å². The van der Waals surface area contributed by atoms with Gasteiger partial charge in [-0.05, 0) is 36.6 Å². The molecule has 0 aliphatic heterocycles. The van der Waals surface area contributed by atoms with Gasteiger partial charge in [-0.15, -0.1) is 24.0 Å². The van der Waals surface area contributed by atoms with E-state index in [1.165, 1.54) is 5.56 Å². The number of ether oxygens (including phenoxy) is 1. The molecule has 0 aromatic heterocycles. The number of rotatable bonds is 7. The van der Waals surface area contributed by atoms with Crippen molar-refractivity contribution in [3.63, 3.8) is 0 Å². The van der Waals surface area contributed by atoms with Gasteiger partial charge in [0, 0.05) is 43.3 Å². The molecular weight excluding hydrogens is 468 g/mol. The number of methoxy groups -OCH3 is 1. The fraction of sp³-hybridized carbons (Fsp3) is 0.500. The van der Waals surface area contributed by atoms with Crippen LogP contribution in [-0.4, -0.2) is 39.8 Å². The minimum absolute atomic E-state index is 0. The molecular formula is C14H22BrClIN3O. The van der Waals surface area contributed by atoms with Gasteiger partial charge in [0.2, 0.25) is 0 Å². The average molecular weight is 491 g/mol. The van der Waals surface area contributed by atoms with Gasteiger partial charge in [0.05, 0.1) is 0 Å². The molecule has 0 saturated heterocycles. The monoisotopic (exact) mass is 489 g/mol. The van der Waals surface area contributed by atoms with Crippen LogP contribution in [0.25, 0.3) is 0 Å². The Bertz CT molecular complexity index is 446. The van der Waals surface area contributed by atoms with Crippen LogP contribution in [0, 0.1) is 0 Å². The summed E-state index contributed by atoms with van der Waals surface area (Å²) in [5.74, 6) is 0.805. The molecule has 0 aliphatic carbocycles. The van der Waals surface area contributed by atoms with Gasteiger partial charge in [0.15, 0.2) is 5.96 Å². The largest absolute Gasteiger partial charge is 0.385 e. The molecule has 4 nitrogen and oxygen atoms in total. The van der Waals surface area contributed by atoms with Crippen LogP contribution in [0.1, 0.15) is 12.0 Å². The van der Waals surface area contributed by atoms with Crippen molar-refractivity contribution >= 4 is 57.5 Å². The minimum atomic E-state index is 0. The van der Waals surface area contributed by atoms with E-state index < -0.39 is 0 Å². The Kier molecular flexibility index (Phi) is 12.5. The van der Waals surface area contributed by atoms with Gasteiger partial charge in [0.1, 0.15) is 0 Å². The van der Waals surface area contributed by atoms with Crippen molar-refractivity contribution in [1.82, 2.24) is 10.6 Å². The highest BCUT2D eigenvalue weighted by atomic mass is 127. The summed E-state index contributed by atoms with van der Waals surface area (Å²) in [6.07, 6.45) is 1.83. The summed E-state index contributed by atoms with van der Waals surface area (Å²) in [5.41, 5.74) is 1.18. The van der Waals surface area contributed by atoms with Crippen molar-refractivity contribution < 1.29 is 4.74 Å². The first-order valence-electron chi connectivity index (χ1n) is 6.54. The molecule has 0 saturated carbocycles. The third-order valence-corrected chi connectivity index (χ3v) is 3.74. The molecule has 0 unspecified atom stereocenters. The number of nitrogens with zero attached hydrogens (tertiary/aromatic N) is 1. The normalized spacial score (nSPS) is 11.0. The highest BCUT2D eigenvalue weighted by Gasteiger charge is 2.02. The summed E-state index contributed by atoms with van der Waals surface area (Å²) in [6.45, 7) is 2.39. The SMILES string of the molecule is CN=C(NCCCOC)NCCc1cc(Cl)ccc1Br.I. The molecule has 0 aliphatic rings. The van der Waals surface area contributed by atoms with Crippen LogP contribution in [0.15, 0.2) is 27.7 Å². The Labute approximate surface area is 157 Å². The van der Waals surface area contributed by atoms with Gasteiger partial charge in [-0.25, -0.2) is 0 Å². The second-order valence-electron chi connectivity index (χ2n) is 4.26. The van der Waals surface area contributed by atoms with Crippen molar-refractivity contribution in [2.24, 2.45) is 4.99 Å². The maximum atomic E-state index is 5.99. The van der Waals surface area contributed by atoms with Crippen LogP contribution in [0.4, 0.5) is 0 Å². The smallest absolute Gasteiger partial charge is 0.190 e. The first kappa shape index (κ1) is 20.9. The quantitative estimate of drug-likeness (QED) is 0.266. The molecule has 1 aromatic carbocycles. The lowest BCUT2D eigenvalue weighted by atomic mass is 10.1. The minimum Gasteiger partial charge on any atom is -0.385 e. The number of hydrogen-bond acceptors (Lipinski definition) is 2. The predicted octanol–water partition coefficient (Wildman–Crippen LogP) is 3.46. The molecule has 120 valence electrons. The third-order valence-electron chi connectivity index (χ3n) is 2.74. The van der Waals surface area contributed by atoms with Crippen LogP contribution < -0.4 is 10.6 Å². The Hall–Kier alpha value is -0.0500. The van der Waals surface area contributed by atoms with Crippen molar-refractivity contribution in [3.05, 3.63) is 33.3 Å². The molecule has 0 atom stereocenters. The average Bonchev–Trinajstić information content (AvgIpc) is 2.45. The topological polar surface area (TPSA) is 45.7 Å². The van der Waals surface area contributed by atoms with E-state index in [4.69, 9.17) is 16.3 Å². The summed E-state index contributed by atoms with van der Waals surface area (Å²) >= 11 is 9.52. The van der Waals surface area contributed by atoms with Crippen molar-refractivity contribution in [3.8, 4) is 0 Å². The Balaban J connectivity index is 0.00000400. The van der Waals surface area contributed by atoms with E-state index >= 15 is 0 Å². The van der Waals surface area contributed by atoms with Crippen molar-refractivity contribution in [2.75, 3.05) is 33.9 Å². The van der Waals surface area contributed by atoms with Gasteiger partial charge >= 0.3 is 0 Å². The highest BCUT2D eigenvalue weighted by molar-refractivity contribution is 14.0. The number of nitrogens with one attached hydrogen (secondary N) is 2. The van der Waals surface area contributed by atoms with E-state index in [0.717, 1.165) is 48.0 Å². The summed E-state index contributed by atoms with van der Waals surface area (Å²) in [4.78, 5) is 4.17. The molecule has 0 spiro atoms. The molecule has 1 rings (SSSR count). The third kappa shape index (κ3) is 8.85. The van der Waals surface area contributed by atoms with E-state index in [-0.39, 0.29) is 24.0 Å². The van der Waals surface area contributed by atoms with Crippen LogP contribution >= 0.6 is 51.5 Å². The first-order chi connectivity index (χ1) is 9.67.